The molecule has 4 rings (SSSR count). The standard InChI is InChI=1S/C21H20N2O/c1-13-11-23-20-18-6-4-3-5-17(18)16(10-19(20)21(13)24)9-15-8-7-14(2)22-12-15/h3-8,10-12,14,22H,9H2,1-2H3,(H,23,24). The van der Waals surface area contributed by atoms with Crippen molar-refractivity contribution in [3.05, 3.63) is 81.8 Å². The molecule has 0 bridgehead atoms. The molecule has 0 spiro atoms. The number of benzene rings is 2. The number of fused-ring (bicyclic) bond motifs is 3. The number of rotatable bonds is 2. The largest absolute Gasteiger partial charge is 0.385 e. The summed E-state index contributed by atoms with van der Waals surface area (Å²) in [6, 6.07) is 10.7. The summed E-state index contributed by atoms with van der Waals surface area (Å²) < 4.78 is 0. The Morgan fingerprint density at radius 1 is 1.12 bits per heavy atom. The molecular weight excluding hydrogens is 296 g/mol. The van der Waals surface area contributed by atoms with Crippen LogP contribution >= 0.6 is 0 Å². The first kappa shape index (κ1) is 14.8. The predicted molar refractivity (Wildman–Crippen MR) is 100 cm³/mol. The molecule has 1 aliphatic heterocycles. The van der Waals surface area contributed by atoms with E-state index < -0.39 is 0 Å². The highest BCUT2D eigenvalue weighted by atomic mass is 16.1. The van der Waals surface area contributed by atoms with Crippen LogP contribution in [0.3, 0.4) is 0 Å². The predicted octanol–water partition coefficient (Wildman–Crippen LogP) is 3.96. The molecule has 1 aliphatic rings. The van der Waals surface area contributed by atoms with Crippen LogP contribution in [0, 0.1) is 6.92 Å². The Morgan fingerprint density at radius 3 is 2.67 bits per heavy atom. The number of hydrogen-bond donors (Lipinski definition) is 2. The van der Waals surface area contributed by atoms with E-state index in [9.17, 15) is 4.79 Å². The first-order valence-electron chi connectivity index (χ1n) is 8.29. The molecule has 0 fully saturated rings. The van der Waals surface area contributed by atoms with Crippen molar-refractivity contribution in [1.29, 1.82) is 0 Å². The maximum Gasteiger partial charge on any atom is 0.192 e. The second kappa shape index (κ2) is 5.68. The smallest absolute Gasteiger partial charge is 0.192 e. The number of H-pyrrole nitrogens is 1. The lowest BCUT2D eigenvalue weighted by Gasteiger charge is -2.16. The van der Waals surface area contributed by atoms with Gasteiger partial charge in [0.15, 0.2) is 5.43 Å². The lowest BCUT2D eigenvalue weighted by atomic mass is 9.94. The first-order chi connectivity index (χ1) is 11.6. The summed E-state index contributed by atoms with van der Waals surface area (Å²) in [6.07, 6.45) is 9.01. The number of aromatic amines is 1. The molecule has 2 aromatic carbocycles. The molecule has 0 saturated heterocycles. The second-order valence-electron chi connectivity index (χ2n) is 6.52. The van der Waals surface area contributed by atoms with Gasteiger partial charge in [0.05, 0.1) is 5.52 Å². The van der Waals surface area contributed by atoms with Crippen molar-refractivity contribution >= 4 is 21.7 Å². The van der Waals surface area contributed by atoms with E-state index in [1.165, 1.54) is 16.5 Å². The number of allylic oxidation sites excluding steroid dienone is 2. The van der Waals surface area contributed by atoms with Crippen molar-refractivity contribution in [2.75, 3.05) is 0 Å². The van der Waals surface area contributed by atoms with Crippen LogP contribution < -0.4 is 10.7 Å². The van der Waals surface area contributed by atoms with Crippen LogP contribution in [0.5, 0.6) is 0 Å². The topological polar surface area (TPSA) is 44.9 Å². The third-order valence-corrected chi connectivity index (χ3v) is 4.69. The van der Waals surface area contributed by atoms with Crippen LogP contribution in [-0.2, 0) is 6.42 Å². The highest BCUT2D eigenvalue weighted by Crippen LogP contribution is 2.28. The fourth-order valence-corrected chi connectivity index (χ4v) is 3.33. The average molecular weight is 316 g/mol. The lowest BCUT2D eigenvalue weighted by molar-refractivity contribution is 0.749. The number of dihydropyridines is 1. The van der Waals surface area contributed by atoms with Crippen LogP contribution in [0.4, 0.5) is 0 Å². The van der Waals surface area contributed by atoms with Crippen LogP contribution in [-0.4, -0.2) is 11.0 Å². The molecule has 3 aromatic rings. The molecule has 2 heterocycles. The molecular formula is C21H20N2O. The Hall–Kier alpha value is -2.81. The molecule has 3 heteroatoms. The third kappa shape index (κ3) is 2.42. The van der Waals surface area contributed by atoms with Gasteiger partial charge in [0.25, 0.3) is 0 Å². The summed E-state index contributed by atoms with van der Waals surface area (Å²) in [5.41, 5.74) is 4.18. The lowest BCUT2D eigenvalue weighted by Crippen LogP contribution is -2.21. The third-order valence-electron chi connectivity index (χ3n) is 4.69. The summed E-state index contributed by atoms with van der Waals surface area (Å²) in [6.45, 7) is 3.97. The first-order valence-corrected chi connectivity index (χ1v) is 8.29. The zero-order chi connectivity index (χ0) is 16.7. The van der Waals surface area contributed by atoms with Gasteiger partial charge in [0, 0.05) is 34.8 Å². The zero-order valence-electron chi connectivity index (χ0n) is 13.9. The molecule has 3 nitrogen and oxygen atoms in total. The quantitative estimate of drug-likeness (QED) is 0.703. The Labute approximate surface area is 140 Å². The fraction of sp³-hybridized carbons (Fsp3) is 0.190. The van der Waals surface area contributed by atoms with Crippen molar-refractivity contribution in [3.63, 3.8) is 0 Å². The molecule has 0 radical (unpaired) electrons. The monoisotopic (exact) mass is 316 g/mol. The van der Waals surface area contributed by atoms with Crippen molar-refractivity contribution in [3.8, 4) is 0 Å². The summed E-state index contributed by atoms with van der Waals surface area (Å²) in [5.74, 6) is 0. The summed E-state index contributed by atoms with van der Waals surface area (Å²) >= 11 is 0. The molecule has 2 N–H and O–H groups in total. The molecule has 0 amide bonds. The molecule has 1 atom stereocenters. The Bertz CT molecular complexity index is 1060. The minimum absolute atomic E-state index is 0.107. The molecule has 0 aliphatic carbocycles. The van der Waals surface area contributed by atoms with E-state index in [4.69, 9.17) is 0 Å². The zero-order valence-corrected chi connectivity index (χ0v) is 13.9. The summed E-state index contributed by atoms with van der Waals surface area (Å²) in [7, 11) is 0. The van der Waals surface area contributed by atoms with E-state index in [1.54, 1.807) is 6.20 Å². The van der Waals surface area contributed by atoms with E-state index in [1.807, 2.05) is 13.0 Å². The minimum atomic E-state index is 0.107. The second-order valence-corrected chi connectivity index (χ2v) is 6.52. The van der Waals surface area contributed by atoms with Gasteiger partial charge in [-0.2, -0.15) is 0 Å². The van der Waals surface area contributed by atoms with Crippen molar-refractivity contribution in [2.45, 2.75) is 26.3 Å². The Balaban J connectivity index is 1.95. The maximum atomic E-state index is 12.6. The molecule has 1 aromatic heterocycles. The molecule has 1 unspecified atom stereocenters. The van der Waals surface area contributed by atoms with E-state index in [0.717, 1.165) is 28.3 Å². The van der Waals surface area contributed by atoms with E-state index in [0.29, 0.717) is 6.04 Å². The molecule has 24 heavy (non-hydrogen) atoms. The SMILES string of the molecule is Cc1c[nH]c2c(cc(CC3=CNC(C)C=C3)c3ccccc32)c1=O. The van der Waals surface area contributed by atoms with E-state index >= 15 is 0 Å². The van der Waals surface area contributed by atoms with Crippen LogP contribution in [0.25, 0.3) is 21.7 Å². The van der Waals surface area contributed by atoms with Gasteiger partial charge < -0.3 is 10.3 Å². The minimum Gasteiger partial charge on any atom is -0.385 e. The molecule has 120 valence electrons. The van der Waals surface area contributed by atoms with Gasteiger partial charge in [0.1, 0.15) is 0 Å². The van der Waals surface area contributed by atoms with Crippen LogP contribution in [0.15, 0.2) is 65.2 Å². The Kier molecular flexibility index (Phi) is 3.49. The van der Waals surface area contributed by atoms with Gasteiger partial charge in [-0.1, -0.05) is 36.4 Å². The number of aromatic nitrogens is 1. The van der Waals surface area contributed by atoms with Gasteiger partial charge in [0.2, 0.25) is 0 Å². The van der Waals surface area contributed by atoms with Crippen LogP contribution in [0.1, 0.15) is 18.1 Å². The highest BCUT2D eigenvalue weighted by Gasteiger charge is 2.12. The van der Waals surface area contributed by atoms with Crippen molar-refractivity contribution in [2.24, 2.45) is 0 Å². The summed E-state index contributed by atoms with van der Waals surface area (Å²) in [5, 5.41) is 6.40. The van der Waals surface area contributed by atoms with Gasteiger partial charge in [-0.3, -0.25) is 4.79 Å². The number of nitrogens with one attached hydrogen (secondary N) is 2. The Morgan fingerprint density at radius 2 is 1.92 bits per heavy atom. The fourth-order valence-electron chi connectivity index (χ4n) is 3.33. The average Bonchev–Trinajstić information content (AvgIpc) is 2.60. The molecule has 0 saturated carbocycles. The van der Waals surface area contributed by atoms with Gasteiger partial charge in [-0.25, -0.2) is 0 Å². The summed E-state index contributed by atoms with van der Waals surface area (Å²) in [4.78, 5) is 15.9. The normalized spacial score (nSPS) is 17.1. The van der Waals surface area contributed by atoms with Crippen molar-refractivity contribution < 1.29 is 0 Å². The number of aryl methyl sites for hydroxylation is 1. The van der Waals surface area contributed by atoms with E-state index in [-0.39, 0.29) is 5.43 Å². The number of pyridine rings is 1. The van der Waals surface area contributed by atoms with Crippen LogP contribution in [0.2, 0.25) is 0 Å². The maximum absolute atomic E-state index is 12.6. The van der Waals surface area contributed by atoms with E-state index in [2.05, 4.69) is 59.8 Å². The van der Waals surface area contributed by atoms with Crippen molar-refractivity contribution in [1.82, 2.24) is 10.3 Å². The van der Waals surface area contributed by atoms with Gasteiger partial charge in [-0.15, -0.1) is 0 Å². The van der Waals surface area contributed by atoms with Gasteiger partial charge in [-0.05, 0) is 42.9 Å². The highest BCUT2D eigenvalue weighted by molar-refractivity contribution is 6.06. The van der Waals surface area contributed by atoms with Gasteiger partial charge >= 0.3 is 0 Å². The number of hydrogen-bond acceptors (Lipinski definition) is 2.